The van der Waals surface area contributed by atoms with Gasteiger partial charge in [-0.05, 0) is 41.3 Å². The summed E-state index contributed by atoms with van der Waals surface area (Å²) >= 11 is 0. The second kappa shape index (κ2) is 9.41. The first-order valence-corrected chi connectivity index (χ1v) is 8.22. The minimum Gasteiger partial charge on any atom is -0.489 e. The van der Waals surface area contributed by atoms with Gasteiger partial charge in [0, 0.05) is 5.69 Å². The average Bonchev–Trinajstić information content (AvgIpc) is 2.63. The van der Waals surface area contributed by atoms with Crippen LogP contribution in [0, 0.1) is 0 Å². The molecular formula is C22H25NO. The molecule has 0 bridgehead atoms. The number of rotatable bonds is 4. The molecule has 0 atom stereocenters. The van der Waals surface area contributed by atoms with Crippen molar-refractivity contribution in [3.05, 3.63) is 96.1 Å². The molecule has 0 radical (unpaired) electrons. The molecule has 0 unspecified atom stereocenters. The summed E-state index contributed by atoms with van der Waals surface area (Å²) in [5, 5.41) is 0. The van der Waals surface area contributed by atoms with Crippen LogP contribution >= 0.6 is 0 Å². The van der Waals surface area contributed by atoms with Crippen LogP contribution in [0.15, 0.2) is 84.9 Å². The quantitative estimate of drug-likeness (QED) is 0.630. The van der Waals surface area contributed by atoms with Crippen molar-refractivity contribution in [2.45, 2.75) is 26.4 Å². The Labute approximate surface area is 144 Å². The molecule has 0 fully saturated rings. The van der Waals surface area contributed by atoms with Gasteiger partial charge in [0.1, 0.15) is 12.4 Å². The molecule has 0 saturated heterocycles. The standard InChI is InChI=1S/C13H13NO.C9H12/c14-12-6-8-13(9-7-12)15-10-11-4-2-1-3-5-11;1-8(2)9-6-4-3-5-7-9/h1-9H,10,14H2;3-8H,1-2H3. The average molecular weight is 319 g/mol. The first-order valence-electron chi connectivity index (χ1n) is 8.22. The Morgan fingerprint density at radius 2 is 1.29 bits per heavy atom. The minimum absolute atomic E-state index is 0.588. The maximum Gasteiger partial charge on any atom is 0.119 e. The summed E-state index contributed by atoms with van der Waals surface area (Å²) in [4.78, 5) is 0. The Morgan fingerprint density at radius 1 is 0.750 bits per heavy atom. The lowest BCUT2D eigenvalue weighted by Gasteiger charge is -2.05. The minimum atomic E-state index is 0.588. The van der Waals surface area contributed by atoms with Crippen molar-refractivity contribution in [1.82, 2.24) is 0 Å². The molecule has 24 heavy (non-hydrogen) atoms. The lowest BCUT2D eigenvalue weighted by molar-refractivity contribution is 0.306. The summed E-state index contributed by atoms with van der Waals surface area (Å²) in [5.41, 5.74) is 8.91. The fourth-order valence-electron chi connectivity index (χ4n) is 2.14. The Balaban J connectivity index is 0.000000198. The Bertz CT molecular complexity index is 691. The van der Waals surface area contributed by atoms with Crippen molar-refractivity contribution < 1.29 is 4.74 Å². The molecule has 0 aromatic heterocycles. The van der Waals surface area contributed by atoms with E-state index in [1.165, 1.54) is 5.56 Å². The van der Waals surface area contributed by atoms with Crippen LogP contribution in [0.25, 0.3) is 0 Å². The van der Waals surface area contributed by atoms with E-state index in [-0.39, 0.29) is 0 Å². The first kappa shape index (κ1) is 17.6. The molecular weight excluding hydrogens is 294 g/mol. The van der Waals surface area contributed by atoms with Gasteiger partial charge in [-0.25, -0.2) is 0 Å². The highest BCUT2D eigenvalue weighted by Gasteiger charge is 1.95. The summed E-state index contributed by atoms with van der Waals surface area (Å²) in [6.45, 7) is 5.00. The predicted octanol–water partition coefficient (Wildman–Crippen LogP) is 5.66. The van der Waals surface area contributed by atoms with Gasteiger partial charge in [0.25, 0.3) is 0 Å². The lowest BCUT2D eigenvalue weighted by Crippen LogP contribution is -1.95. The zero-order valence-corrected chi connectivity index (χ0v) is 14.4. The zero-order chi connectivity index (χ0) is 17.2. The molecule has 0 aliphatic heterocycles. The summed E-state index contributed by atoms with van der Waals surface area (Å²) < 4.78 is 5.59. The summed E-state index contributed by atoms with van der Waals surface area (Å²) in [6.07, 6.45) is 0. The lowest BCUT2D eigenvalue weighted by atomic mass is 10.0. The molecule has 0 aliphatic rings. The van der Waals surface area contributed by atoms with E-state index in [9.17, 15) is 0 Å². The van der Waals surface area contributed by atoms with Crippen LogP contribution in [-0.2, 0) is 6.61 Å². The number of hydrogen-bond acceptors (Lipinski definition) is 2. The van der Waals surface area contributed by atoms with Crippen molar-refractivity contribution in [2.75, 3.05) is 5.73 Å². The van der Waals surface area contributed by atoms with Crippen LogP contribution in [0.1, 0.15) is 30.9 Å². The van der Waals surface area contributed by atoms with Gasteiger partial charge in [-0.1, -0.05) is 74.5 Å². The van der Waals surface area contributed by atoms with Gasteiger partial charge >= 0.3 is 0 Å². The summed E-state index contributed by atoms with van der Waals surface area (Å²) in [7, 11) is 0. The van der Waals surface area contributed by atoms with Crippen molar-refractivity contribution >= 4 is 5.69 Å². The number of nitrogens with two attached hydrogens (primary N) is 1. The SMILES string of the molecule is CC(C)c1ccccc1.Nc1ccc(OCc2ccccc2)cc1. The molecule has 2 heteroatoms. The molecule has 3 aromatic carbocycles. The number of anilines is 1. The van der Waals surface area contributed by atoms with Crippen molar-refractivity contribution in [3.8, 4) is 5.75 Å². The van der Waals surface area contributed by atoms with E-state index in [0.29, 0.717) is 12.5 Å². The van der Waals surface area contributed by atoms with Gasteiger partial charge in [-0.3, -0.25) is 0 Å². The van der Waals surface area contributed by atoms with Crippen molar-refractivity contribution in [3.63, 3.8) is 0 Å². The second-order valence-electron chi connectivity index (χ2n) is 5.91. The Kier molecular flexibility index (Phi) is 6.91. The van der Waals surface area contributed by atoms with E-state index >= 15 is 0 Å². The van der Waals surface area contributed by atoms with Gasteiger partial charge in [0.15, 0.2) is 0 Å². The highest BCUT2D eigenvalue weighted by Crippen LogP contribution is 2.14. The van der Waals surface area contributed by atoms with Gasteiger partial charge in [0.2, 0.25) is 0 Å². The summed E-state index contributed by atoms with van der Waals surface area (Å²) in [5.74, 6) is 1.50. The molecule has 3 aromatic rings. The van der Waals surface area contributed by atoms with E-state index in [1.807, 2.05) is 60.7 Å². The van der Waals surface area contributed by atoms with Crippen LogP contribution < -0.4 is 10.5 Å². The predicted molar refractivity (Wildman–Crippen MR) is 102 cm³/mol. The topological polar surface area (TPSA) is 35.2 Å². The number of ether oxygens (including phenoxy) is 1. The van der Waals surface area contributed by atoms with E-state index in [0.717, 1.165) is 17.0 Å². The Morgan fingerprint density at radius 3 is 1.79 bits per heavy atom. The van der Waals surface area contributed by atoms with Crippen LogP contribution in [0.2, 0.25) is 0 Å². The smallest absolute Gasteiger partial charge is 0.119 e. The van der Waals surface area contributed by atoms with Gasteiger partial charge in [-0.2, -0.15) is 0 Å². The van der Waals surface area contributed by atoms with E-state index in [2.05, 4.69) is 38.1 Å². The molecule has 0 saturated carbocycles. The molecule has 124 valence electrons. The highest BCUT2D eigenvalue weighted by molar-refractivity contribution is 5.41. The van der Waals surface area contributed by atoms with Gasteiger partial charge < -0.3 is 10.5 Å². The van der Waals surface area contributed by atoms with Gasteiger partial charge in [-0.15, -0.1) is 0 Å². The second-order valence-corrected chi connectivity index (χ2v) is 5.91. The van der Waals surface area contributed by atoms with Crippen LogP contribution in [0.5, 0.6) is 5.75 Å². The molecule has 0 spiro atoms. The molecule has 0 aliphatic carbocycles. The maximum atomic E-state index is 5.59. The first-order chi connectivity index (χ1) is 11.6. The molecule has 0 heterocycles. The fourth-order valence-corrected chi connectivity index (χ4v) is 2.14. The summed E-state index contributed by atoms with van der Waals surface area (Å²) in [6, 6.07) is 28.0. The van der Waals surface area contributed by atoms with Crippen molar-refractivity contribution in [1.29, 1.82) is 0 Å². The van der Waals surface area contributed by atoms with Crippen LogP contribution in [0.4, 0.5) is 5.69 Å². The number of nitrogen functional groups attached to an aromatic ring is 1. The molecule has 0 amide bonds. The molecule has 3 rings (SSSR count). The monoisotopic (exact) mass is 319 g/mol. The van der Waals surface area contributed by atoms with E-state index in [1.54, 1.807) is 0 Å². The number of hydrogen-bond donors (Lipinski definition) is 1. The third-order valence-electron chi connectivity index (χ3n) is 3.59. The third kappa shape index (κ3) is 6.17. The van der Waals surface area contributed by atoms with Crippen molar-refractivity contribution in [2.24, 2.45) is 0 Å². The normalized spacial score (nSPS) is 9.96. The highest BCUT2D eigenvalue weighted by atomic mass is 16.5. The Hall–Kier alpha value is -2.74. The van der Waals surface area contributed by atoms with Crippen LogP contribution in [-0.4, -0.2) is 0 Å². The maximum absolute atomic E-state index is 5.59. The third-order valence-corrected chi connectivity index (χ3v) is 3.59. The number of benzene rings is 3. The van der Waals surface area contributed by atoms with E-state index in [4.69, 9.17) is 10.5 Å². The molecule has 2 N–H and O–H groups in total. The fraction of sp³-hybridized carbons (Fsp3) is 0.182. The van der Waals surface area contributed by atoms with E-state index < -0.39 is 0 Å². The van der Waals surface area contributed by atoms with Gasteiger partial charge in [0.05, 0.1) is 0 Å². The van der Waals surface area contributed by atoms with Crippen LogP contribution in [0.3, 0.4) is 0 Å². The molecule has 2 nitrogen and oxygen atoms in total. The zero-order valence-electron chi connectivity index (χ0n) is 14.4. The largest absolute Gasteiger partial charge is 0.489 e.